The van der Waals surface area contributed by atoms with Crippen molar-refractivity contribution in [1.82, 2.24) is 0 Å². The van der Waals surface area contributed by atoms with Crippen LogP contribution in [0.5, 0.6) is 0 Å². The van der Waals surface area contributed by atoms with Crippen molar-refractivity contribution in [3.63, 3.8) is 0 Å². The molecule has 0 radical (unpaired) electrons. The molecule has 0 aliphatic heterocycles. The Kier molecular flexibility index (Phi) is 2.04. The highest BCUT2D eigenvalue weighted by molar-refractivity contribution is 5.89. The molecule has 18 heavy (non-hydrogen) atoms. The number of hydrogen-bond acceptors (Lipinski definition) is 0. The van der Waals surface area contributed by atoms with Gasteiger partial charge in [-0.1, -0.05) is 66.8 Å². The molecule has 0 nitrogen and oxygen atoms in total. The van der Waals surface area contributed by atoms with E-state index in [1.807, 2.05) is 0 Å². The molecular formula is C18H14. The van der Waals surface area contributed by atoms with E-state index in [1.54, 1.807) is 0 Å². The van der Waals surface area contributed by atoms with Gasteiger partial charge in [0.25, 0.3) is 0 Å². The van der Waals surface area contributed by atoms with Crippen LogP contribution in [0.2, 0.25) is 0 Å². The van der Waals surface area contributed by atoms with E-state index in [0.29, 0.717) is 5.92 Å². The molecule has 0 saturated carbocycles. The third kappa shape index (κ3) is 1.26. The summed E-state index contributed by atoms with van der Waals surface area (Å²) in [4.78, 5) is 0. The van der Waals surface area contributed by atoms with Gasteiger partial charge < -0.3 is 0 Å². The standard InChI is InChI=1S/C18H14/c1-2-7-13-8-6-12-17-15-10-5-4-9-14(15)16(11-3-1)18(13)17/h1-7,9-12,17H,8H2/b2-1-,3-1?,7-2?,11-3-,13-7-,16-11?. The van der Waals surface area contributed by atoms with E-state index < -0.39 is 0 Å². The molecule has 0 amide bonds. The molecule has 4 rings (SSSR count). The summed E-state index contributed by atoms with van der Waals surface area (Å²) in [6.45, 7) is 0. The smallest absolute Gasteiger partial charge is 0.0284 e. The largest absolute Gasteiger partial charge is 0.0832 e. The maximum Gasteiger partial charge on any atom is 0.0284 e. The van der Waals surface area contributed by atoms with Crippen molar-refractivity contribution in [2.75, 3.05) is 0 Å². The Morgan fingerprint density at radius 2 is 1.94 bits per heavy atom. The first-order valence-electron chi connectivity index (χ1n) is 6.49. The molecule has 1 aromatic carbocycles. The highest BCUT2D eigenvalue weighted by Crippen LogP contribution is 2.49. The monoisotopic (exact) mass is 230 g/mol. The van der Waals surface area contributed by atoms with Crippen LogP contribution < -0.4 is 0 Å². The van der Waals surface area contributed by atoms with Gasteiger partial charge in [0.05, 0.1) is 0 Å². The quantitative estimate of drug-likeness (QED) is 0.573. The summed E-state index contributed by atoms with van der Waals surface area (Å²) >= 11 is 0. The van der Waals surface area contributed by atoms with Crippen molar-refractivity contribution >= 4 is 5.57 Å². The Balaban J connectivity index is 2.05. The molecule has 1 aromatic rings. The van der Waals surface area contributed by atoms with Crippen molar-refractivity contribution in [3.05, 3.63) is 89.1 Å². The minimum absolute atomic E-state index is 0.465. The van der Waals surface area contributed by atoms with Crippen LogP contribution >= 0.6 is 0 Å². The number of allylic oxidation sites excluding steroid dienone is 10. The molecule has 0 heterocycles. The molecule has 3 aliphatic carbocycles. The fourth-order valence-corrected chi connectivity index (χ4v) is 3.22. The molecule has 0 saturated heterocycles. The first-order valence-corrected chi connectivity index (χ1v) is 6.49. The molecule has 1 unspecified atom stereocenters. The summed E-state index contributed by atoms with van der Waals surface area (Å²) in [5, 5.41) is 0. The number of rotatable bonds is 0. The first-order chi connectivity index (χ1) is 8.95. The molecule has 3 aliphatic rings. The fourth-order valence-electron chi connectivity index (χ4n) is 3.22. The highest BCUT2D eigenvalue weighted by atomic mass is 14.3. The van der Waals surface area contributed by atoms with Gasteiger partial charge in [0.2, 0.25) is 0 Å². The second kappa shape index (κ2) is 3.71. The van der Waals surface area contributed by atoms with E-state index in [1.165, 1.54) is 27.8 Å². The van der Waals surface area contributed by atoms with Gasteiger partial charge in [0.1, 0.15) is 0 Å². The number of fused-ring (bicyclic) bond motifs is 3. The van der Waals surface area contributed by atoms with Crippen LogP contribution in [0, 0.1) is 0 Å². The van der Waals surface area contributed by atoms with Gasteiger partial charge in [-0.25, -0.2) is 0 Å². The lowest BCUT2D eigenvalue weighted by Gasteiger charge is -2.20. The summed E-state index contributed by atoms with van der Waals surface area (Å²) < 4.78 is 0. The second-order valence-corrected chi connectivity index (χ2v) is 4.96. The van der Waals surface area contributed by atoms with Gasteiger partial charge in [-0.15, -0.1) is 0 Å². The van der Waals surface area contributed by atoms with Crippen molar-refractivity contribution in [2.24, 2.45) is 0 Å². The lowest BCUT2D eigenvalue weighted by Crippen LogP contribution is -2.03. The van der Waals surface area contributed by atoms with Crippen LogP contribution in [0.25, 0.3) is 5.57 Å². The van der Waals surface area contributed by atoms with Crippen molar-refractivity contribution in [2.45, 2.75) is 12.3 Å². The molecule has 86 valence electrons. The maximum absolute atomic E-state index is 2.36. The normalized spacial score (nSPS) is 29.8. The first kappa shape index (κ1) is 9.90. The highest BCUT2D eigenvalue weighted by Gasteiger charge is 2.31. The molecule has 0 bridgehead atoms. The Hall–Kier alpha value is -2.08. The molecule has 0 fully saturated rings. The zero-order valence-electron chi connectivity index (χ0n) is 10.1. The van der Waals surface area contributed by atoms with Crippen LogP contribution in [0.1, 0.15) is 23.5 Å². The predicted octanol–water partition coefficient (Wildman–Crippen LogP) is 4.55. The molecule has 0 aromatic heterocycles. The van der Waals surface area contributed by atoms with Gasteiger partial charge in [-0.05, 0) is 34.3 Å². The maximum atomic E-state index is 2.36. The van der Waals surface area contributed by atoms with Crippen molar-refractivity contribution in [1.29, 1.82) is 0 Å². The molecule has 0 N–H and O–H groups in total. The summed E-state index contributed by atoms with van der Waals surface area (Å²) in [7, 11) is 0. The zero-order chi connectivity index (χ0) is 11.9. The summed E-state index contributed by atoms with van der Waals surface area (Å²) in [5.74, 6) is 0.465. The Morgan fingerprint density at radius 3 is 2.94 bits per heavy atom. The second-order valence-electron chi connectivity index (χ2n) is 4.96. The third-order valence-electron chi connectivity index (χ3n) is 3.98. The van der Waals surface area contributed by atoms with Crippen LogP contribution in [0.4, 0.5) is 0 Å². The molecular weight excluding hydrogens is 216 g/mol. The average molecular weight is 230 g/mol. The molecule has 0 heteroatoms. The lowest BCUT2D eigenvalue weighted by atomic mass is 9.84. The van der Waals surface area contributed by atoms with Gasteiger partial charge in [-0.2, -0.15) is 0 Å². The average Bonchev–Trinajstić information content (AvgIpc) is 2.70. The Morgan fingerprint density at radius 1 is 1.00 bits per heavy atom. The van der Waals surface area contributed by atoms with E-state index in [-0.39, 0.29) is 0 Å². The van der Waals surface area contributed by atoms with Crippen LogP contribution in [-0.4, -0.2) is 0 Å². The van der Waals surface area contributed by atoms with Crippen molar-refractivity contribution in [3.8, 4) is 0 Å². The molecule has 0 spiro atoms. The predicted molar refractivity (Wildman–Crippen MR) is 76.2 cm³/mol. The molecule has 1 atom stereocenters. The van der Waals surface area contributed by atoms with E-state index in [0.717, 1.165) is 6.42 Å². The van der Waals surface area contributed by atoms with E-state index >= 15 is 0 Å². The number of benzene rings is 1. The minimum atomic E-state index is 0.465. The van der Waals surface area contributed by atoms with E-state index in [9.17, 15) is 0 Å². The Bertz CT molecular complexity index is 663. The van der Waals surface area contributed by atoms with Gasteiger partial charge >= 0.3 is 0 Å². The third-order valence-corrected chi connectivity index (χ3v) is 3.98. The summed E-state index contributed by atoms with van der Waals surface area (Å²) in [6.07, 6.45) is 16.7. The Labute approximate surface area is 107 Å². The van der Waals surface area contributed by atoms with Gasteiger partial charge in [0, 0.05) is 5.92 Å². The fraction of sp³-hybridized carbons (Fsp3) is 0.111. The van der Waals surface area contributed by atoms with Crippen LogP contribution in [0.15, 0.2) is 77.9 Å². The minimum Gasteiger partial charge on any atom is -0.0832 e. The number of hydrogen-bond donors (Lipinski definition) is 0. The van der Waals surface area contributed by atoms with Crippen LogP contribution in [0.3, 0.4) is 0 Å². The SMILES string of the molecule is C1=CC2C3=C(\C=C/C=C\C=C3\C1)c1ccccc12. The van der Waals surface area contributed by atoms with Gasteiger partial charge in [0.15, 0.2) is 0 Å². The lowest BCUT2D eigenvalue weighted by molar-refractivity contribution is 0.965. The zero-order valence-corrected chi connectivity index (χ0v) is 10.1. The van der Waals surface area contributed by atoms with Crippen LogP contribution in [-0.2, 0) is 0 Å². The van der Waals surface area contributed by atoms with E-state index in [4.69, 9.17) is 0 Å². The topological polar surface area (TPSA) is 0 Å². The summed E-state index contributed by atoms with van der Waals surface area (Å²) in [5.41, 5.74) is 7.25. The summed E-state index contributed by atoms with van der Waals surface area (Å²) in [6, 6.07) is 8.79. The van der Waals surface area contributed by atoms with E-state index in [2.05, 4.69) is 66.8 Å². The van der Waals surface area contributed by atoms with Crippen molar-refractivity contribution < 1.29 is 0 Å². The van der Waals surface area contributed by atoms with Gasteiger partial charge in [-0.3, -0.25) is 0 Å².